The summed E-state index contributed by atoms with van der Waals surface area (Å²) in [7, 11) is 0. The molecule has 0 saturated heterocycles. The lowest BCUT2D eigenvalue weighted by Crippen LogP contribution is -2.33. The second-order valence-corrected chi connectivity index (χ2v) is 6.09. The zero-order valence-electron chi connectivity index (χ0n) is 14.0. The van der Waals surface area contributed by atoms with Crippen molar-refractivity contribution in [2.45, 2.75) is 26.3 Å². The highest BCUT2D eigenvalue weighted by molar-refractivity contribution is 5.78. The van der Waals surface area contributed by atoms with Crippen LogP contribution in [0.25, 0.3) is 0 Å². The molecule has 1 amide bonds. The van der Waals surface area contributed by atoms with Crippen LogP contribution in [-0.4, -0.2) is 12.5 Å². The van der Waals surface area contributed by atoms with Crippen LogP contribution in [0.4, 0.5) is 0 Å². The highest BCUT2D eigenvalue weighted by Crippen LogP contribution is 2.21. The van der Waals surface area contributed by atoms with E-state index in [0.29, 0.717) is 17.2 Å². The van der Waals surface area contributed by atoms with Gasteiger partial charge >= 0.3 is 0 Å². The maximum atomic E-state index is 12.2. The Bertz CT molecular complexity index is 688. The van der Waals surface area contributed by atoms with E-state index in [2.05, 4.69) is 19.2 Å². The van der Waals surface area contributed by atoms with Gasteiger partial charge in [0.2, 0.25) is 0 Å². The van der Waals surface area contributed by atoms with E-state index in [4.69, 9.17) is 10.00 Å². The van der Waals surface area contributed by atoms with Crippen molar-refractivity contribution in [3.63, 3.8) is 0 Å². The van der Waals surface area contributed by atoms with Gasteiger partial charge in [-0.3, -0.25) is 4.79 Å². The number of nitriles is 1. The van der Waals surface area contributed by atoms with Crippen LogP contribution in [0.5, 0.6) is 5.75 Å². The Balaban J connectivity index is 1.93. The van der Waals surface area contributed by atoms with Crippen molar-refractivity contribution in [3.05, 3.63) is 65.7 Å². The first-order valence-corrected chi connectivity index (χ1v) is 8.05. The molecule has 4 heteroatoms. The lowest BCUT2D eigenvalue weighted by atomic mass is 9.97. The fraction of sp³-hybridized carbons (Fsp3) is 0.300. The van der Waals surface area contributed by atoms with Crippen molar-refractivity contribution in [2.75, 3.05) is 6.61 Å². The lowest BCUT2D eigenvalue weighted by molar-refractivity contribution is -0.124. The Morgan fingerprint density at radius 3 is 2.38 bits per heavy atom. The lowest BCUT2D eigenvalue weighted by Gasteiger charge is -2.21. The molecule has 2 rings (SSSR count). The van der Waals surface area contributed by atoms with Crippen molar-refractivity contribution in [2.24, 2.45) is 5.92 Å². The second-order valence-electron chi connectivity index (χ2n) is 6.09. The molecule has 0 spiro atoms. The normalized spacial score (nSPS) is 11.6. The molecule has 0 radical (unpaired) electrons. The van der Waals surface area contributed by atoms with Gasteiger partial charge in [0, 0.05) is 0 Å². The van der Waals surface area contributed by atoms with Gasteiger partial charge in [0.25, 0.3) is 5.91 Å². The fourth-order valence-corrected chi connectivity index (χ4v) is 2.45. The standard InChI is InChI=1S/C20H22N2O2/c1-15(2)12-19(17-6-4-3-5-7-17)22-20(23)14-24-18-10-8-16(13-21)9-11-18/h3-11,15,19H,12,14H2,1-2H3,(H,22,23)/t19-/m1/s1. The van der Waals surface area contributed by atoms with Gasteiger partial charge in [0.1, 0.15) is 5.75 Å². The minimum Gasteiger partial charge on any atom is -0.484 e. The van der Waals surface area contributed by atoms with Gasteiger partial charge in [-0.05, 0) is 42.2 Å². The third-order valence-electron chi connectivity index (χ3n) is 3.60. The molecular weight excluding hydrogens is 300 g/mol. The molecule has 4 nitrogen and oxygen atoms in total. The molecule has 0 saturated carbocycles. The minimum absolute atomic E-state index is 0.0248. The summed E-state index contributed by atoms with van der Waals surface area (Å²) in [6.45, 7) is 4.22. The van der Waals surface area contributed by atoms with Crippen LogP contribution in [0, 0.1) is 17.2 Å². The van der Waals surface area contributed by atoms with Gasteiger partial charge in [-0.25, -0.2) is 0 Å². The molecule has 0 aliphatic rings. The Morgan fingerprint density at radius 2 is 1.79 bits per heavy atom. The highest BCUT2D eigenvalue weighted by Gasteiger charge is 2.16. The first kappa shape index (κ1) is 17.6. The van der Waals surface area contributed by atoms with Gasteiger partial charge in [0.05, 0.1) is 17.7 Å². The van der Waals surface area contributed by atoms with E-state index in [9.17, 15) is 4.79 Å². The zero-order chi connectivity index (χ0) is 17.4. The molecular formula is C20H22N2O2. The van der Waals surface area contributed by atoms with Gasteiger partial charge in [0.15, 0.2) is 6.61 Å². The summed E-state index contributed by atoms with van der Waals surface area (Å²) in [5.41, 5.74) is 1.66. The predicted molar refractivity (Wildman–Crippen MR) is 93.4 cm³/mol. The van der Waals surface area contributed by atoms with Crippen LogP contribution in [0.15, 0.2) is 54.6 Å². The number of carbonyl (C=O) groups is 1. The number of nitrogens with zero attached hydrogens (tertiary/aromatic N) is 1. The molecule has 0 aromatic heterocycles. The molecule has 124 valence electrons. The van der Waals surface area contributed by atoms with E-state index >= 15 is 0 Å². The first-order valence-electron chi connectivity index (χ1n) is 8.05. The van der Waals surface area contributed by atoms with Gasteiger partial charge < -0.3 is 10.1 Å². The van der Waals surface area contributed by atoms with E-state index in [1.807, 2.05) is 36.4 Å². The topological polar surface area (TPSA) is 62.1 Å². The molecule has 0 heterocycles. The summed E-state index contributed by atoms with van der Waals surface area (Å²) in [6, 6.07) is 18.7. The van der Waals surface area contributed by atoms with Crippen molar-refractivity contribution in [1.29, 1.82) is 5.26 Å². The van der Waals surface area contributed by atoms with Crippen LogP contribution in [0.1, 0.15) is 37.4 Å². The number of hydrogen-bond acceptors (Lipinski definition) is 3. The highest BCUT2D eigenvalue weighted by atomic mass is 16.5. The zero-order valence-corrected chi connectivity index (χ0v) is 14.0. The van der Waals surface area contributed by atoms with Crippen molar-refractivity contribution in [3.8, 4) is 11.8 Å². The number of carbonyl (C=O) groups excluding carboxylic acids is 1. The molecule has 1 atom stereocenters. The monoisotopic (exact) mass is 322 g/mol. The van der Waals surface area contributed by atoms with Gasteiger partial charge in [-0.2, -0.15) is 5.26 Å². The smallest absolute Gasteiger partial charge is 0.258 e. The van der Waals surface area contributed by atoms with Crippen LogP contribution in [0.2, 0.25) is 0 Å². The third kappa shape index (κ3) is 5.44. The minimum atomic E-state index is -0.158. The Hall–Kier alpha value is -2.80. The number of nitrogens with one attached hydrogen (secondary N) is 1. The Labute approximate surface area is 143 Å². The molecule has 0 bridgehead atoms. The van der Waals surface area contributed by atoms with Crippen molar-refractivity contribution in [1.82, 2.24) is 5.32 Å². The molecule has 24 heavy (non-hydrogen) atoms. The largest absolute Gasteiger partial charge is 0.484 e. The number of hydrogen-bond donors (Lipinski definition) is 1. The molecule has 0 unspecified atom stereocenters. The van der Waals surface area contributed by atoms with Crippen molar-refractivity contribution >= 4 is 5.91 Å². The van der Waals surface area contributed by atoms with Crippen LogP contribution in [-0.2, 0) is 4.79 Å². The summed E-state index contributed by atoms with van der Waals surface area (Å²) >= 11 is 0. The average Bonchev–Trinajstić information content (AvgIpc) is 2.60. The van der Waals surface area contributed by atoms with E-state index in [0.717, 1.165) is 12.0 Å². The van der Waals surface area contributed by atoms with E-state index in [1.165, 1.54) is 0 Å². The van der Waals surface area contributed by atoms with Crippen molar-refractivity contribution < 1.29 is 9.53 Å². The van der Waals surface area contributed by atoms with Gasteiger partial charge in [-0.15, -0.1) is 0 Å². The number of rotatable bonds is 7. The fourth-order valence-electron chi connectivity index (χ4n) is 2.45. The maximum Gasteiger partial charge on any atom is 0.258 e. The summed E-state index contributed by atoms with van der Waals surface area (Å²) in [5.74, 6) is 0.882. The van der Waals surface area contributed by atoms with Crippen LogP contribution in [0.3, 0.4) is 0 Å². The number of amides is 1. The van der Waals surface area contributed by atoms with E-state index in [1.54, 1.807) is 24.3 Å². The molecule has 0 aliphatic heterocycles. The maximum absolute atomic E-state index is 12.2. The Morgan fingerprint density at radius 1 is 1.12 bits per heavy atom. The molecule has 0 fully saturated rings. The summed E-state index contributed by atoms with van der Waals surface area (Å²) in [6.07, 6.45) is 0.868. The summed E-state index contributed by atoms with van der Waals surface area (Å²) < 4.78 is 5.49. The van der Waals surface area contributed by atoms with Gasteiger partial charge in [-0.1, -0.05) is 44.2 Å². The molecule has 0 aliphatic carbocycles. The number of ether oxygens (including phenoxy) is 1. The number of benzene rings is 2. The Kier molecular flexibility index (Phi) is 6.39. The molecule has 1 N–H and O–H groups in total. The quantitative estimate of drug-likeness (QED) is 0.842. The molecule has 2 aromatic carbocycles. The summed E-state index contributed by atoms with van der Waals surface area (Å²) in [4.78, 5) is 12.2. The van der Waals surface area contributed by atoms with E-state index < -0.39 is 0 Å². The summed E-state index contributed by atoms with van der Waals surface area (Å²) in [5, 5.41) is 11.8. The van der Waals surface area contributed by atoms with E-state index in [-0.39, 0.29) is 18.6 Å². The molecule has 2 aromatic rings. The van der Waals surface area contributed by atoms with Crippen LogP contribution >= 0.6 is 0 Å². The first-order chi connectivity index (χ1) is 11.6. The SMILES string of the molecule is CC(C)C[C@@H](NC(=O)COc1ccc(C#N)cc1)c1ccccc1. The predicted octanol–water partition coefficient (Wildman–Crippen LogP) is 3.84. The van der Waals surface area contributed by atoms with Crippen LogP contribution < -0.4 is 10.1 Å². The third-order valence-corrected chi connectivity index (χ3v) is 3.60. The average molecular weight is 322 g/mol. The second kappa shape index (κ2) is 8.73.